The van der Waals surface area contributed by atoms with E-state index >= 15 is 0 Å². The number of nitrogens with one attached hydrogen (secondary N) is 1. The van der Waals surface area contributed by atoms with Gasteiger partial charge in [0.05, 0.1) is 27.8 Å². The van der Waals surface area contributed by atoms with Crippen molar-refractivity contribution in [3.8, 4) is 17.2 Å². The summed E-state index contributed by atoms with van der Waals surface area (Å²) in [7, 11) is 4.68. The number of nitrogens with zero attached hydrogens (tertiary/aromatic N) is 1. The summed E-state index contributed by atoms with van der Waals surface area (Å²) in [5.74, 6) is 1.50. The Morgan fingerprint density at radius 3 is 2.00 bits per heavy atom. The molecule has 0 bridgehead atoms. The molecule has 1 heterocycles. The van der Waals surface area contributed by atoms with Gasteiger partial charge in [0, 0.05) is 24.5 Å². The molecule has 0 aliphatic carbocycles. The highest BCUT2D eigenvalue weighted by molar-refractivity contribution is 5.92. The summed E-state index contributed by atoms with van der Waals surface area (Å²) in [5, 5.41) is 2.97. The Balaban J connectivity index is 1.64. The Hall–Kier alpha value is -2.89. The molecule has 0 atom stereocenters. The minimum absolute atomic E-state index is 0.0956. The molecule has 0 saturated carbocycles. The Bertz CT molecular complexity index is 787. The lowest BCUT2D eigenvalue weighted by Crippen LogP contribution is -2.23. The molecule has 0 radical (unpaired) electrons. The van der Waals surface area contributed by atoms with E-state index in [2.05, 4.69) is 22.3 Å². The highest BCUT2D eigenvalue weighted by Crippen LogP contribution is 2.38. The van der Waals surface area contributed by atoms with Crippen molar-refractivity contribution in [3.63, 3.8) is 0 Å². The molecule has 1 fully saturated rings. The van der Waals surface area contributed by atoms with Crippen LogP contribution < -0.4 is 24.4 Å². The van der Waals surface area contributed by atoms with Gasteiger partial charge in [0.25, 0.3) is 0 Å². The zero-order valence-electron chi connectivity index (χ0n) is 17.5. The van der Waals surface area contributed by atoms with E-state index in [1.54, 1.807) is 33.5 Å². The number of methoxy groups -OCH3 is 3. The van der Waals surface area contributed by atoms with E-state index in [1.807, 2.05) is 12.1 Å². The van der Waals surface area contributed by atoms with Crippen LogP contribution in [0.5, 0.6) is 17.2 Å². The monoisotopic (exact) mass is 398 g/mol. The summed E-state index contributed by atoms with van der Waals surface area (Å²) < 4.78 is 16.0. The number of ether oxygens (including phenoxy) is 3. The van der Waals surface area contributed by atoms with E-state index in [1.165, 1.54) is 31.4 Å². The van der Waals surface area contributed by atoms with Crippen molar-refractivity contribution in [2.75, 3.05) is 44.6 Å². The van der Waals surface area contributed by atoms with Gasteiger partial charge in [0.1, 0.15) is 0 Å². The maximum Gasteiger partial charge on any atom is 0.228 e. The van der Waals surface area contributed by atoms with Crippen LogP contribution in [-0.4, -0.2) is 40.3 Å². The lowest BCUT2D eigenvalue weighted by Gasteiger charge is -2.22. The van der Waals surface area contributed by atoms with Crippen LogP contribution in [0.15, 0.2) is 36.4 Å². The molecule has 156 valence electrons. The van der Waals surface area contributed by atoms with E-state index in [-0.39, 0.29) is 12.3 Å². The quantitative estimate of drug-likeness (QED) is 0.755. The van der Waals surface area contributed by atoms with Crippen molar-refractivity contribution in [1.29, 1.82) is 0 Å². The number of hydrogen-bond donors (Lipinski definition) is 1. The van der Waals surface area contributed by atoms with Gasteiger partial charge in [-0.15, -0.1) is 0 Å². The first-order valence-electron chi connectivity index (χ1n) is 10.1. The maximum absolute atomic E-state index is 12.5. The largest absolute Gasteiger partial charge is 0.493 e. The molecule has 2 aromatic carbocycles. The SMILES string of the molecule is COc1cc(CC(=O)Nc2ccc(N3CCCCCC3)cc2)cc(OC)c1OC. The third-order valence-corrected chi connectivity index (χ3v) is 5.21. The van der Waals surface area contributed by atoms with Crippen LogP contribution in [0.3, 0.4) is 0 Å². The van der Waals surface area contributed by atoms with Gasteiger partial charge < -0.3 is 24.4 Å². The zero-order valence-corrected chi connectivity index (χ0v) is 17.5. The van der Waals surface area contributed by atoms with E-state index in [9.17, 15) is 4.79 Å². The lowest BCUT2D eigenvalue weighted by atomic mass is 10.1. The van der Waals surface area contributed by atoms with Gasteiger partial charge in [0.15, 0.2) is 11.5 Å². The average Bonchev–Trinajstić information content (AvgIpc) is 3.03. The topological polar surface area (TPSA) is 60.0 Å². The van der Waals surface area contributed by atoms with Crippen molar-refractivity contribution in [3.05, 3.63) is 42.0 Å². The van der Waals surface area contributed by atoms with Crippen LogP contribution in [0.2, 0.25) is 0 Å². The number of carbonyl (C=O) groups is 1. The second-order valence-electron chi connectivity index (χ2n) is 7.21. The van der Waals surface area contributed by atoms with Gasteiger partial charge >= 0.3 is 0 Å². The van der Waals surface area contributed by atoms with Gasteiger partial charge in [0.2, 0.25) is 11.7 Å². The molecular formula is C23H30N2O4. The normalized spacial score (nSPS) is 14.1. The molecule has 1 N–H and O–H groups in total. The maximum atomic E-state index is 12.5. The fourth-order valence-corrected chi connectivity index (χ4v) is 3.71. The second kappa shape index (κ2) is 10.0. The number of anilines is 2. The van der Waals surface area contributed by atoms with Crippen LogP contribution in [0.1, 0.15) is 31.2 Å². The number of benzene rings is 2. The zero-order chi connectivity index (χ0) is 20.6. The summed E-state index contributed by atoms with van der Waals surface area (Å²) in [6, 6.07) is 11.7. The Morgan fingerprint density at radius 1 is 0.897 bits per heavy atom. The van der Waals surface area contributed by atoms with Crippen LogP contribution in [0.25, 0.3) is 0 Å². The van der Waals surface area contributed by atoms with E-state index in [4.69, 9.17) is 14.2 Å². The lowest BCUT2D eigenvalue weighted by molar-refractivity contribution is -0.115. The second-order valence-corrected chi connectivity index (χ2v) is 7.21. The van der Waals surface area contributed by atoms with E-state index < -0.39 is 0 Å². The molecule has 1 aliphatic rings. The number of carbonyl (C=O) groups excluding carboxylic acids is 1. The first kappa shape index (κ1) is 20.8. The highest BCUT2D eigenvalue weighted by atomic mass is 16.5. The summed E-state index contributed by atoms with van der Waals surface area (Å²) in [6.45, 7) is 2.21. The Morgan fingerprint density at radius 2 is 1.48 bits per heavy atom. The van der Waals surface area contributed by atoms with Gasteiger partial charge in [-0.1, -0.05) is 12.8 Å². The molecule has 2 aromatic rings. The third kappa shape index (κ3) is 5.34. The fraction of sp³-hybridized carbons (Fsp3) is 0.435. The predicted molar refractivity (Wildman–Crippen MR) is 116 cm³/mol. The van der Waals surface area contributed by atoms with Crippen molar-refractivity contribution < 1.29 is 19.0 Å². The first-order chi connectivity index (χ1) is 14.1. The number of amides is 1. The predicted octanol–water partition coefficient (Wildman–Crippen LogP) is 4.27. The molecule has 0 aromatic heterocycles. The van der Waals surface area contributed by atoms with Gasteiger partial charge in [-0.25, -0.2) is 0 Å². The minimum Gasteiger partial charge on any atom is -0.493 e. The van der Waals surface area contributed by atoms with Crippen LogP contribution in [0, 0.1) is 0 Å². The van der Waals surface area contributed by atoms with E-state index in [0.717, 1.165) is 24.3 Å². The summed E-state index contributed by atoms with van der Waals surface area (Å²) in [5.41, 5.74) is 2.80. The molecule has 0 spiro atoms. The minimum atomic E-state index is -0.0956. The van der Waals surface area contributed by atoms with Gasteiger partial charge in [-0.3, -0.25) is 4.79 Å². The molecule has 1 saturated heterocycles. The Labute approximate surface area is 172 Å². The molecule has 6 heteroatoms. The molecule has 3 rings (SSSR count). The molecule has 1 amide bonds. The van der Waals surface area contributed by atoms with Crippen LogP contribution >= 0.6 is 0 Å². The smallest absolute Gasteiger partial charge is 0.228 e. The Kier molecular flexibility index (Phi) is 7.22. The fourth-order valence-electron chi connectivity index (χ4n) is 3.71. The third-order valence-electron chi connectivity index (χ3n) is 5.21. The molecule has 29 heavy (non-hydrogen) atoms. The standard InChI is InChI=1S/C23H30N2O4/c1-27-20-14-17(15-21(28-2)23(20)29-3)16-22(26)24-18-8-10-19(11-9-18)25-12-6-4-5-7-13-25/h8-11,14-15H,4-7,12-13,16H2,1-3H3,(H,24,26). The van der Waals surface area contributed by atoms with Gasteiger partial charge in [-0.05, 0) is 54.8 Å². The number of hydrogen-bond acceptors (Lipinski definition) is 5. The van der Waals surface area contributed by atoms with Crippen molar-refractivity contribution in [2.45, 2.75) is 32.1 Å². The van der Waals surface area contributed by atoms with Crippen molar-refractivity contribution >= 4 is 17.3 Å². The highest BCUT2D eigenvalue weighted by Gasteiger charge is 2.15. The summed E-state index contributed by atoms with van der Waals surface area (Å²) in [4.78, 5) is 15.0. The van der Waals surface area contributed by atoms with Crippen molar-refractivity contribution in [2.24, 2.45) is 0 Å². The number of rotatable bonds is 7. The molecular weight excluding hydrogens is 368 g/mol. The van der Waals surface area contributed by atoms with Crippen molar-refractivity contribution in [1.82, 2.24) is 0 Å². The first-order valence-corrected chi connectivity index (χ1v) is 10.1. The molecule has 6 nitrogen and oxygen atoms in total. The summed E-state index contributed by atoms with van der Waals surface area (Å²) >= 11 is 0. The van der Waals surface area contributed by atoms with Crippen LogP contribution in [-0.2, 0) is 11.2 Å². The van der Waals surface area contributed by atoms with Gasteiger partial charge in [-0.2, -0.15) is 0 Å². The van der Waals surface area contributed by atoms with E-state index in [0.29, 0.717) is 17.2 Å². The average molecular weight is 399 g/mol. The summed E-state index contributed by atoms with van der Waals surface area (Å²) in [6.07, 6.45) is 5.32. The molecule has 1 aliphatic heterocycles. The molecule has 0 unspecified atom stereocenters. The van der Waals surface area contributed by atoms with Crippen LogP contribution in [0.4, 0.5) is 11.4 Å².